The van der Waals surface area contributed by atoms with Crippen molar-refractivity contribution in [3.05, 3.63) is 0 Å². The van der Waals surface area contributed by atoms with Crippen molar-refractivity contribution in [3.8, 4) is 0 Å². The molecule has 0 aliphatic carbocycles. The molecule has 6 heteroatoms. The highest BCUT2D eigenvalue weighted by molar-refractivity contribution is 6.01. The fourth-order valence-electron chi connectivity index (χ4n) is 1.08. The average molecular weight is 231 g/mol. The molecule has 0 saturated heterocycles. The molecule has 94 valence electrons. The van der Waals surface area contributed by atoms with Crippen molar-refractivity contribution in [3.63, 3.8) is 0 Å². The van der Waals surface area contributed by atoms with E-state index in [1.165, 1.54) is 4.90 Å². The van der Waals surface area contributed by atoms with Crippen molar-refractivity contribution in [2.24, 2.45) is 16.8 Å². The highest BCUT2D eigenvalue weighted by Gasteiger charge is 2.21. The van der Waals surface area contributed by atoms with Gasteiger partial charge in [-0.1, -0.05) is 5.16 Å². The predicted octanol–water partition coefficient (Wildman–Crippen LogP) is 0.252. The summed E-state index contributed by atoms with van der Waals surface area (Å²) in [6.07, 6.45) is 0.144. The van der Waals surface area contributed by atoms with E-state index in [0.717, 1.165) is 0 Å². The van der Waals surface area contributed by atoms with Crippen LogP contribution in [0.3, 0.4) is 0 Å². The molecule has 1 atom stereocenters. The number of nitrogens with zero attached hydrogens (tertiary/aromatic N) is 2. The standard InChI is InChI=1S/C10H21N3O3/c1-7(2)16-6-5-13(4)10(14)8(3)9(11)12-15/h7-8,15H,5-6H2,1-4H3,(H2,11,12). The van der Waals surface area contributed by atoms with Crippen molar-refractivity contribution in [2.75, 3.05) is 20.2 Å². The minimum absolute atomic E-state index is 0.0818. The number of amides is 1. The minimum Gasteiger partial charge on any atom is -0.409 e. The number of hydrogen-bond donors (Lipinski definition) is 2. The lowest BCUT2D eigenvalue weighted by molar-refractivity contribution is -0.132. The molecule has 16 heavy (non-hydrogen) atoms. The summed E-state index contributed by atoms with van der Waals surface area (Å²) in [5, 5.41) is 11.3. The molecule has 0 aliphatic rings. The normalized spacial score (nSPS) is 13.9. The van der Waals surface area contributed by atoms with Crippen LogP contribution in [0, 0.1) is 5.92 Å². The molecule has 6 nitrogen and oxygen atoms in total. The van der Waals surface area contributed by atoms with Gasteiger partial charge < -0.3 is 20.6 Å². The first-order chi connectivity index (χ1) is 7.40. The van der Waals surface area contributed by atoms with E-state index in [1.807, 2.05) is 13.8 Å². The molecule has 0 spiro atoms. The van der Waals surface area contributed by atoms with Crippen molar-refractivity contribution in [1.29, 1.82) is 0 Å². The predicted molar refractivity (Wildman–Crippen MR) is 61.3 cm³/mol. The molecule has 0 aromatic rings. The van der Waals surface area contributed by atoms with E-state index in [1.54, 1.807) is 14.0 Å². The number of carbonyl (C=O) groups is 1. The number of amidine groups is 1. The zero-order chi connectivity index (χ0) is 12.7. The van der Waals surface area contributed by atoms with Crippen LogP contribution in [0.2, 0.25) is 0 Å². The molecule has 0 fully saturated rings. The van der Waals surface area contributed by atoms with Crippen molar-refractivity contribution in [1.82, 2.24) is 4.90 Å². The molecule has 3 N–H and O–H groups in total. The smallest absolute Gasteiger partial charge is 0.232 e. The zero-order valence-corrected chi connectivity index (χ0v) is 10.3. The number of likely N-dealkylation sites (N-methyl/N-ethyl adjacent to an activating group) is 1. The maximum absolute atomic E-state index is 11.7. The van der Waals surface area contributed by atoms with Crippen molar-refractivity contribution >= 4 is 11.7 Å². The number of rotatable bonds is 6. The first kappa shape index (κ1) is 14.7. The second-order valence-electron chi connectivity index (χ2n) is 3.93. The number of oxime groups is 1. The molecule has 0 aliphatic heterocycles. The first-order valence-corrected chi connectivity index (χ1v) is 5.24. The van der Waals surface area contributed by atoms with Gasteiger partial charge in [0.1, 0.15) is 0 Å². The van der Waals surface area contributed by atoms with Crippen LogP contribution in [0.5, 0.6) is 0 Å². The summed E-state index contributed by atoms with van der Waals surface area (Å²) in [7, 11) is 1.66. The number of carbonyl (C=O) groups excluding carboxylic acids is 1. The van der Waals surface area contributed by atoms with Gasteiger partial charge in [-0.2, -0.15) is 0 Å². The fourth-order valence-corrected chi connectivity index (χ4v) is 1.08. The molecule has 1 unspecified atom stereocenters. The Bertz CT molecular complexity index is 254. The second kappa shape index (κ2) is 7.05. The first-order valence-electron chi connectivity index (χ1n) is 5.24. The Morgan fingerprint density at radius 3 is 2.50 bits per heavy atom. The number of nitrogens with two attached hydrogens (primary N) is 1. The monoisotopic (exact) mass is 231 g/mol. The molecule has 0 radical (unpaired) electrons. The third kappa shape index (κ3) is 4.97. The van der Waals surface area contributed by atoms with Gasteiger partial charge >= 0.3 is 0 Å². The summed E-state index contributed by atoms with van der Waals surface area (Å²) in [5.41, 5.74) is 5.35. The molecular weight excluding hydrogens is 210 g/mol. The molecule has 0 aromatic heterocycles. The lowest BCUT2D eigenvalue weighted by Crippen LogP contribution is -2.40. The largest absolute Gasteiger partial charge is 0.409 e. The molecule has 0 rings (SSSR count). The average Bonchev–Trinajstić information content (AvgIpc) is 2.25. The Kier molecular flexibility index (Phi) is 6.48. The summed E-state index contributed by atoms with van der Waals surface area (Å²) in [6, 6.07) is 0. The zero-order valence-electron chi connectivity index (χ0n) is 10.3. The highest BCUT2D eigenvalue weighted by atomic mass is 16.5. The van der Waals surface area contributed by atoms with E-state index in [2.05, 4.69) is 5.16 Å². The maximum atomic E-state index is 11.7. The molecule has 0 bridgehead atoms. The Morgan fingerprint density at radius 2 is 2.06 bits per heavy atom. The van der Waals surface area contributed by atoms with Gasteiger partial charge in [-0.15, -0.1) is 0 Å². The van der Waals surface area contributed by atoms with Crippen molar-refractivity contribution < 1.29 is 14.7 Å². The SMILES string of the molecule is CC(C)OCCN(C)C(=O)C(C)C(N)=NO. The Labute approximate surface area is 96.0 Å². The van der Waals surface area contributed by atoms with Gasteiger partial charge in [0.2, 0.25) is 5.91 Å². The minimum atomic E-state index is -0.617. The molecule has 0 aromatic carbocycles. The van der Waals surface area contributed by atoms with Crippen LogP contribution in [-0.4, -0.2) is 48.2 Å². The summed E-state index contributed by atoms with van der Waals surface area (Å²) < 4.78 is 5.32. The van der Waals surface area contributed by atoms with Gasteiger partial charge in [0.05, 0.1) is 18.6 Å². The van der Waals surface area contributed by atoms with E-state index in [-0.39, 0.29) is 17.8 Å². The lowest BCUT2D eigenvalue weighted by Gasteiger charge is -2.21. The summed E-state index contributed by atoms with van der Waals surface area (Å²) in [4.78, 5) is 13.2. The van der Waals surface area contributed by atoms with Gasteiger partial charge in [0.15, 0.2) is 5.84 Å². The van der Waals surface area contributed by atoms with Crippen LogP contribution < -0.4 is 5.73 Å². The Balaban J connectivity index is 4.08. The molecule has 0 heterocycles. The van der Waals surface area contributed by atoms with Gasteiger partial charge in [0.25, 0.3) is 0 Å². The van der Waals surface area contributed by atoms with E-state index >= 15 is 0 Å². The quantitative estimate of drug-likeness (QED) is 0.297. The van der Waals surface area contributed by atoms with Crippen LogP contribution in [0.15, 0.2) is 5.16 Å². The maximum Gasteiger partial charge on any atom is 0.232 e. The lowest BCUT2D eigenvalue weighted by atomic mass is 10.1. The van der Waals surface area contributed by atoms with E-state index < -0.39 is 5.92 Å². The third-order valence-corrected chi connectivity index (χ3v) is 2.18. The Hall–Kier alpha value is -1.30. The van der Waals surface area contributed by atoms with Gasteiger partial charge in [-0.3, -0.25) is 4.79 Å². The summed E-state index contributed by atoms with van der Waals surface area (Å²) in [5.74, 6) is -0.890. The Morgan fingerprint density at radius 1 is 1.50 bits per heavy atom. The van der Waals surface area contributed by atoms with Crippen LogP contribution >= 0.6 is 0 Å². The fraction of sp³-hybridized carbons (Fsp3) is 0.800. The van der Waals surface area contributed by atoms with Crippen LogP contribution in [0.1, 0.15) is 20.8 Å². The number of hydrogen-bond acceptors (Lipinski definition) is 4. The molecule has 1 amide bonds. The van der Waals surface area contributed by atoms with E-state index in [9.17, 15) is 4.79 Å². The molecular formula is C10H21N3O3. The van der Waals surface area contributed by atoms with Crippen LogP contribution in [0.25, 0.3) is 0 Å². The van der Waals surface area contributed by atoms with E-state index in [4.69, 9.17) is 15.7 Å². The second-order valence-corrected chi connectivity index (χ2v) is 3.93. The molecule has 0 saturated carbocycles. The van der Waals surface area contributed by atoms with Gasteiger partial charge in [-0.25, -0.2) is 0 Å². The van der Waals surface area contributed by atoms with Gasteiger partial charge in [-0.05, 0) is 20.8 Å². The summed E-state index contributed by atoms with van der Waals surface area (Å²) >= 11 is 0. The number of ether oxygens (including phenoxy) is 1. The van der Waals surface area contributed by atoms with Crippen LogP contribution in [0.4, 0.5) is 0 Å². The highest BCUT2D eigenvalue weighted by Crippen LogP contribution is 2.01. The van der Waals surface area contributed by atoms with Crippen LogP contribution in [-0.2, 0) is 9.53 Å². The van der Waals surface area contributed by atoms with E-state index in [0.29, 0.717) is 13.2 Å². The van der Waals surface area contributed by atoms with Crippen molar-refractivity contribution in [2.45, 2.75) is 26.9 Å². The third-order valence-electron chi connectivity index (χ3n) is 2.18. The van der Waals surface area contributed by atoms with Gasteiger partial charge in [0, 0.05) is 13.6 Å². The topological polar surface area (TPSA) is 88.2 Å². The summed E-state index contributed by atoms with van der Waals surface area (Å²) in [6.45, 7) is 6.42.